The second kappa shape index (κ2) is 7.81. The van der Waals surface area contributed by atoms with E-state index in [4.69, 9.17) is 23.2 Å². The Bertz CT molecular complexity index is 783. The first-order chi connectivity index (χ1) is 12.0. The largest absolute Gasteiger partial charge is 0.508 e. The van der Waals surface area contributed by atoms with E-state index in [2.05, 4.69) is 4.90 Å². The van der Waals surface area contributed by atoms with Crippen molar-refractivity contribution in [1.29, 1.82) is 0 Å². The second-order valence-electron chi connectivity index (χ2n) is 5.84. The molecule has 0 aliphatic carbocycles. The third-order valence-corrected chi connectivity index (χ3v) is 4.91. The van der Waals surface area contributed by atoms with Crippen molar-refractivity contribution in [2.24, 2.45) is 0 Å². The highest BCUT2D eigenvalue weighted by Gasteiger charge is 2.19. The molecule has 1 amide bonds. The summed E-state index contributed by atoms with van der Waals surface area (Å²) in [4.78, 5) is 16.4. The zero-order valence-corrected chi connectivity index (χ0v) is 15.0. The van der Waals surface area contributed by atoms with Crippen molar-refractivity contribution < 1.29 is 9.90 Å². The molecule has 0 radical (unpaired) electrons. The molecule has 1 fully saturated rings. The summed E-state index contributed by atoms with van der Waals surface area (Å²) in [6.45, 7) is 2.84. The molecule has 3 rings (SSSR count). The maximum absolute atomic E-state index is 12.3. The summed E-state index contributed by atoms with van der Waals surface area (Å²) in [6, 6.07) is 12.4. The van der Waals surface area contributed by atoms with E-state index in [-0.39, 0.29) is 11.7 Å². The molecule has 0 spiro atoms. The van der Waals surface area contributed by atoms with Gasteiger partial charge in [0.1, 0.15) is 5.75 Å². The number of rotatable bonds is 3. The van der Waals surface area contributed by atoms with Gasteiger partial charge >= 0.3 is 0 Å². The van der Waals surface area contributed by atoms with Crippen LogP contribution in [0.2, 0.25) is 10.0 Å². The zero-order chi connectivity index (χ0) is 17.8. The smallest absolute Gasteiger partial charge is 0.246 e. The Kier molecular flexibility index (Phi) is 5.51. The zero-order valence-electron chi connectivity index (χ0n) is 13.5. The number of amides is 1. The average Bonchev–Trinajstić information content (AvgIpc) is 2.63. The molecule has 2 aromatic rings. The lowest BCUT2D eigenvalue weighted by Gasteiger charge is -2.35. The molecule has 1 N–H and O–H groups in total. The van der Waals surface area contributed by atoms with E-state index in [9.17, 15) is 9.90 Å². The van der Waals surface area contributed by atoms with E-state index >= 15 is 0 Å². The van der Waals surface area contributed by atoms with Gasteiger partial charge in [-0.2, -0.15) is 0 Å². The Morgan fingerprint density at radius 2 is 1.64 bits per heavy atom. The lowest BCUT2D eigenvalue weighted by atomic mass is 10.2. The predicted octanol–water partition coefficient (Wildman–Crippen LogP) is 4.06. The number of anilines is 1. The summed E-state index contributed by atoms with van der Waals surface area (Å²) in [5.41, 5.74) is 1.89. The molecular formula is C19H18Cl2N2O2. The van der Waals surface area contributed by atoms with Crippen LogP contribution in [0.25, 0.3) is 6.08 Å². The quantitative estimate of drug-likeness (QED) is 0.821. The average molecular weight is 377 g/mol. The fraction of sp³-hybridized carbons (Fsp3) is 0.211. The first-order valence-corrected chi connectivity index (χ1v) is 8.74. The van der Waals surface area contributed by atoms with Crippen LogP contribution < -0.4 is 4.90 Å². The molecule has 1 saturated heterocycles. The topological polar surface area (TPSA) is 43.8 Å². The van der Waals surface area contributed by atoms with Crippen molar-refractivity contribution in [3.8, 4) is 5.75 Å². The Labute approximate surface area is 156 Å². The summed E-state index contributed by atoms with van der Waals surface area (Å²) in [5.74, 6) is 0.237. The molecule has 25 heavy (non-hydrogen) atoms. The van der Waals surface area contributed by atoms with Gasteiger partial charge in [-0.3, -0.25) is 4.79 Å². The van der Waals surface area contributed by atoms with Crippen LogP contribution in [0.1, 0.15) is 5.56 Å². The molecule has 0 saturated carbocycles. The maximum Gasteiger partial charge on any atom is 0.246 e. The van der Waals surface area contributed by atoms with E-state index in [1.165, 1.54) is 0 Å². The molecule has 4 nitrogen and oxygen atoms in total. The predicted molar refractivity (Wildman–Crippen MR) is 102 cm³/mol. The van der Waals surface area contributed by atoms with Crippen LogP contribution in [-0.4, -0.2) is 42.1 Å². The molecule has 0 bridgehead atoms. The van der Waals surface area contributed by atoms with E-state index < -0.39 is 0 Å². The summed E-state index contributed by atoms with van der Waals surface area (Å²) >= 11 is 11.9. The SMILES string of the molecule is O=C(/C=C/c1ccc(Cl)c(Cl)c1)N1CCN(c2ccc(O)cc2)CC1. The van der Waals surface area contributed by atoms with Crippen LogP contribution in [0.4, 0.5) is 5.69 Å². The van der Waals surface area contributed by atoms with Crippen molar-refractivity contribution in [3.63, 3.8) is 0 Å². The van der Waals surface area contributed by atoms with Gasteiger partial charge in [-0.25, -0.2) is 0 Å². The summed E-state index contributed by atoms with van der Waals surface area (Å²) in [5, 5.41) is 10.3. The molecule has 0 atom stereocenters. The van der Waals surface area contributed by atoms with Crippen molar-refractivity contribution in [1.82, 2.24) is 4.90 Å². The number of nitrogens with zero attached hydrogens (tertiary/aromatic N) is 2. The fourth-order valence-corrected chi connectivity index (χ4v) is 3.04. The Morgan fingerprint density at radius 3 is 2.28 bits per heavy atom. The van der Waals surface area contributed by atoms with Crippen LogP contribution in [0.5, 0.6) is 5.75 Å². The molecule has 0 aromatic heterocycles. The lowest BCUT2D eigenvalue weighted by Crippen LogP contribution is -2.48. The molecule has 1 heterocycles. The number of carbonyl (C=O) groups is 1. The number of piperazine rings is 1. The van der Waals surface area contributed by atoms with E-state index in [0.29, 0.717) is 23.1 Å². The number of phenolic OH excluding ortho intramolecular Hbond substituents is 1. The fourth-order valence-electron chi connectivity index (χ4n) is 2.74. The van der Waals surface area contributed by atoms with Gasteiger partial charge < -0.3 is 14.9 Å². The number of carbonyl (C=O) groups excluding carboxylic acids is 1. The summed E-state index contributed by atoms with van der Waals surface area (Å²) in [7, 11) is 0. The third-order valence-electron chi connectivity index (χ3n) is 4.17. The van der Waals surface area contributed by atoms with Gasteiger partial charge in [-0.15, -0.1) is 0 Å². The van der Waals surface area contributed by atoms with Crippen LogP contribution in [0.15, 0.2) is 48.5 Å². The monoisotopic (exact) mass is 376 g/mol. The van der Waals surface area contributed by atoms with E-state index in [0.717, 1.165) is 24.3 Å². The molecular weight excluding hydrogens is 359 g/mol. The Hall–Kier alpha value is -2.17. The maximum atomic E-state index is 12.3. The minimum Gasteiger partial charge on any atom is -0.508 e. The van der Waals surface area contributed by atoms with Gasteiger partial charge in [-0.1, -0.05) is 29.3 Å². The molecule has 0 unspecified atom stereocenters. The number of aromatic hydroxyl groups is 1. The minimum absolute atomic E-state index is 0.0172. The highest BCUT2D eigenvalue weighted by molar-refractivity contribution is 6.42. The number of hydrogen-bond donors (Lipinski definition) is 1. The number of halogens is 2. The van der Waals surface area contributed by atoms with Gasteiger partial charge in [0.15, 0.2) is 0 Å². The Morgan fingerprint density at radius 1 is 0.960 bits per heavy atom. The van der Waals surface area contributed by atoms with Crippen LogP contribution >= 0.6 is 23.2 Å². The summed E-state index contributed by atoms with van der Waals surface area (Å²) in [6.07, 6.45) is 3.31. The number of phenols is 1. The standard InChI is InChI=1S/C19H18Cl2N2O2/c20-17-7-1-14(13-18(17)21)2-8-19(25)23-11-9-22(10-12-23)15-3-5-16(24)6-4-15/h1-8,13,24H,9-12H2/b8-2+. The van der Waals surface area contributed by atoms with Crippen LogP contribution in [-0.2, 0) is 4.79 Å². The van der Waals surface area contributed by atoms with Gasteiger partial charge in [0.2, 0.25) is 5.91 Å². The van der Waals surface area contributed by atoms with Crippen molar-refractivity contribution >= 4 is 40.9 Å². The van der Waals surface area contributed by atoms with Crippen molar-refractivity contribution in [2.45, 2.75) is 0 Å². The summed E-state index contributed by atoms with van der Waals surface area (Å²) < 4.78 is 0. The van der Waals surface area contributed by atoms with E-state index in [1.54, 1.807) is 36.4 Å². The van der Waals surface area contributed by atoms with Crippen molar-refractivity contribution in [3.05, 3.63) is 64.1 Å². The lowest BCUT2D eigenvalue weighted by molar-refractivity contribution is -0.126. The molecule has 1 aliphatic rings. The van der Waals surface area contributed by atoms with Crippen LogP contribution in [0.3, 0.4) is 0 Å². The second-order valence-corrected chi connectivity index (χ2v) is 6.65. The van der Waals surface area contributed by atoms with Gasteiger partial charge in [0, 0.05) is 37.9 Å². The third kappa shape index (κ3) is 4.47. The Balaban J connectivity index is 1.56. The van der Waals surface area contributed by atoms with Gasteiger partial charge in [0.25, 0.3) is 0 Å². The highest BCUT2D eigenvalue weighted by atomic mass is 35.5. The number of hydrogen-bond acceptors (Lipinski definition) is 3. The molecule has 2 aromatic carbocycles. The normalized spacial score (nSPS) is 15.0. The number of benzene rings is 2. The first kappa shape index (κ1) is 17.6. The minimum atomic E-state index is -0.0172. The molecule has 1 aliphatic heterocycles. The highest BCUT2D eigenvalue weighted by Crippen LogP contribution is 2.23. The molecule has 130 valence electrons. The van der Waals surface area contributed by atoms with Crippen molar-refractivity contribution in [2.75, 3.05) is 31.1 Å². The van der Waals surface area contributed by atoms with Gasteiger partial charge in [-0.05, 0) is 48.0 Å². The first-order valence-electron chi connectivity index (χ1n) is 7.99. The van der Waals surface area contributed by atoms with Crippen LogP contribution in [0, 0.1) is 0 Å². The van der Waals surface area contributed by atoms with E-state index in [1.807, 2.05) is 23.1 Å². The molecule has 6 heteroatoms. The van der Waals surface area contributed by atoms with Gasteiger partial charge in [0.05, 0.1) is 10.0 Å².